The lowest BCUT2D eigenvalue weighted by atomic mass is 9.74. The molecule has 704 valence electrons. The number of ketones is 6. The Morgan fingerprint density at radius 3 is 1.08 bits per heavy atom. The predicted molar refractivity (Wildman–Crippen MR) is 562 cm³/mol. The van der Waals surface area contributed by atoms with E-state index in [1.165, 1.54) is 35.6 Å². The van der Waals surface area contributed by atoms with Crippen molar-refractivity contribution in [1.29, 1.82) is 10.5 Å². The van der Waals surface area contributed by atoms with Crippen LogP contribution >= 0.6 is 57.2 Å². The molecule has 3 aliphatic carbocycles. The summed E-state index contributed by atoms with van der Waals surface area (Å²) in [5, 5.41) is 25.0. The summed E-state index contributed by atoms with van der Waals surface area (Å²) < 4.78 is 90.1. The van der Waals surface area contributed by atoms with Crippen molar-refractivity contribution in [2.75, 3.05) is 14.7 Å². The van der Waals surface area contributed by atoms with E-state index in [0.29, 0.717) is 71.8 Å². The van der Waals surface area contributed by atoms with Gasteiger partial charge in [0.25, 0.3) is 0 Å². The van der Waals surface area contributed by atoms with Crippen LogP contribution in [-0.2, 0) is 16.2 Å². The highest BCUT2D eigenvalue weighted by Crippen LogP contribution is 2.62. The van der Waals surface area contributed by atoms with Crippen LogP contribution in [0.5, 0.6) is 0 Å². The molecule has 0 bridgehead atoms. The number of halogens is 8. The molecule has 7 heterocycles. The van der Waals surface area contributed by atoms with Crippen molar-refractivity contribution < 1.29 is 55.1 Å². The summed E-state index contributed by atoms with van der Waals surface area (Å²) >= 11 is 16.2. The molecule has 23 rings (SSSR count). The molecule has 0 saturated carbocycles. The number of benzene rings is 13. The Kier molecular flexibility index (Phi) is 23.2. The highest BCUT2D eigenvalue weighted by Gasteiger charge is 2.47. The number of pyridine rings is 1. The van der Waals surface area contributed by atoms with Crippen molar-refractivity contribution in [3.63, 3.8) is 0 Å². The standard InChI is InChI=1S/C43H29N3O2S.C39H24FN3O2S.C38H21Cl2F5N2O2S/c1-24-18-28(45-5)19-25(2)39(24)26-14-17-38-35(20-26)43(3,4)36-22-29(21-34-40(47)32-12-8-9-13-33(32)41(34)48)49-42(36)46(38)37-16-15-27(23-44)30-10-6-7-11-31(30)37;1-39(2)30-18-22(24-12-7-17-42-33(24)21-41)13-15-35(30)43(34-16-14-32(40)25-8-3-4-9-26(25)34)38-31(39)20-23(46-38)19-29-36(44)27-10-5-6-11-28(27)37(29)45;1-15-8-18(46-5)9-16(2)28(15)17-6-7-27-23(10-17)38(3,4)24-12-19(11-22-35(48)20-13-25(39)26(40)14-21(20)36(22)49)50-37(24)47(27)34-32(44)30(42)29(41)31(43)33(34)45/h6-22H,1-4H3;3-20H,1-2H3;6-14H,1-4H3. The number of hydrogen-bond acceptors (Lipinski definition) is 15. The van der Waals surface area contributed by atoms with E-state index in [0.717, 1.165) is 147 Å². The van der Waals surface area contributed by atoms with E-state index < -0.39 is 62.6 Å². The third-order valence-electron chi connectivity index (χ3n) is 28.1. The van der Waals surface area contributed by atoms with Crippen LogP contribution in [0.1, 0.15) is 185 Å². The Hall–Kier alpha value is -16.6. The molecule has 0 amide bonds. The molecule has 4 aromatic heterocycles. The predicted octanol–water partition coefficient (Wildman–Crippen LogP) is 32.9. The Morgan fingerprint density at radius 2 is 0.683 bits per heavy atom. The van der Waals surface area contributed by atoms with Crippen molar-refractivity contribution in [3.8, 4) is 45.5 Å². The Labute approximate surface area is 850 Å². The molecule has 0 fully saturated rings. The second-order valence-corrected chi connectivity index (χ2v) is 41.7. The van der Waals surface area contributed by atoms with Gasteiger partial charge in [0.1, 0.15) is 38.3 Å². The molecule has 17 aromatic rings. The number of rotatable bonds is 9. The fraction of sp³-hybridized carbons (Fsp3) is 0.108. The smallest absolute Gasteiger partial charge is 0.200 e. The maximum atomic E-state index is 15.6. The molecule has 0 spiro atoms. The maximum absolute atomic E-state index is 15.6. The average molecular weight is 2010 g/mol. The fourth-order valence-corrected chi connectivity index (χ4v) is 25.2. The number of aryl methyl sites for hydroxylation is 4. The lowest BCUT2D eigenvalue weighted by Gasteiger charge is -2.40. The highest BCUT2D eigenvalue weighted by atomic mass is 35.5. The number of fused-ring (bicyclic) bond motifs is 11. The van der Waals surface area contributed by atoms with Crippen molar-refractivity contribution >= 4 is 192 Å². The Balaban J connectivity index is 0.000000128. The van der Waals surface area contributed by atoms with Crippen LogP contribution in [0.4, 0.5) is 86.8 Å². The minimum absolute atomic E-state index is 0.0651. The lowest BCUT2D eigenvalue weighted by molar-refractivity contribution is 0.0975. The number of nitrogens with zero attached hydrogens (tertiary/aromatic N) is 8. The maximum Gasteiger partial charge on any atom is 0.200 e. The van der Waals surface area contributed by atoms with E-state index in [1.807, 2.05) is 119 Å². The topological polar surface area (TPSA) is 181 Å². The molecule has 14 nitrogen and oxygen atoms in total. The first-order valence-electron chi connectivity index (χ1n) is 45.8. The Morgan fingerprint density at radius 1 is 0.352 bits per heavy atom. The third kappa shape index (κ3) is 15.2. The van der Waals surface area contributed by atoms with Crippen molar-refractivity contribution in [2.24, 2.45) is 0 Å². The largest absolute Gasteiger partial charge is 0.301 e. The van der Waals surface area contributed by atoms with Gasteiger partial charge in [-0.15, -0.1) is 34.0 Å². The first kappa shape index (κ1) is 94.6. The molecule has 6 aliphatic rings. The zero-order valence-corrected chi connectivity index (χ0v) is 82.6. The zero-order valence-electron chi connectivity index (χ0n) is 78.7. The number of carbonyl (C=O) groups is 6. The van der Waals surface area contributed by atoms with Gasteiger partial charge in [-0.25, -0.2) is 41.0 Å². The van der Waals surface area contributed by atoms with Crippen LogP contribution < -0.4 is 14.7 Å². The number of nitriles is 2. The molecule has 0 atom stereocenters. The van der Waals surface area contributed by atoms with Crippen molar-refractivity contribution in [3.05, 3.63) is 448 Å². The van der Waals surface area contributed by atoms with Crippen LogP contribution in [-0.4, -0.2) is 39.7 Å². The van der Waals surface area contributed by atoms with Crippen LogP contribution in [0.15, 0.2) is 266 Å². The van der Waals surface area contributed by atoms with Crippen LogP contribution in [0, 0.1) is 98.4 Å². The van der Waals surface area contributed by atoms with E-state index >= 15 is 13.2 Å². The third-order valence-corrected chi connectivity index (χ3v) is 32.0. The molecule has 0 unspecified atom stereocenters. The molecule has 0 saturated heterocycles. The molecule has 145 heavy (non-hydrogen) atoms. The summed E-state index contributed by atoms with van der Waals surface area (Å²) in [6.07, 6.45) is 6.40. The van der Waals surface area contributed by atoms with Gasteiger partial charge in [-0.1, -0.05) is 227 Å². The number of allylic oxidation sites excluding steroid dienone is 3. The van der Waals surface area contributed by atoms with E-state index in [1.54, 1.807) is 127 Å². The van der Waals surface area contributed by atoms with Gasteiger partial charge >= 0.3 is 0 Å². The van der Waals surface area contributed by atoms with E-state index in [4.69, 9.17) is 36.3 Å². The molecule has 13 aromatic carbocycles. The Bertz CT molecular complexity index is 8890. The lowest BCUT2D eigenvalue weighted by Crippen LogP contribution is -2.30. The van der Waals surface area contributed by atoms with E-state index in [2.05, 4.69) is 115 Å². The van der Waals surface area contributed by atoms with Gasteiger partial charge in [0.15, 0.2) is 69.3 Å². The number of aromatic nitrogens is 1. The monoisotopic (exact) mass is 2000 g/mol. The summed E-state index contributed by atoms with van der Waals surface area (Å²) in [6.45, 7) is 35.2. The number of thiophene rings is 3. The summed E-state index contributed by atoms with van der Waals surface area (Å²) in [4.78, 5) is 98.8. The number of anilines is 9. The van der Waals surface area contributed by atoms with Crippen LogP contribution in [0.2, 0.25) is 10.0 Å². The summed E-state index contributed by atoms with van der Waals surface area (Å²) in [5.74, 6) is -13.1. The second kappa shape index (κ2) is 35.5. The van der Waals surface area contributed by atoms with E-state index in [-0.39, 0.29) is 77.5 Å². The molecule has 25 heteroatoms. The number of carbonyl (C=O) groups excluding carboxylic acids is 6. The molecule has 0 radical (unpaired) electrons. The van der Waals surface area contributed by atoms with Gasteiger partial charge in [-0.3, -0.25) is 33.7 Å². The quantitative estimate of drug-likeness (QED) is 0.0334. The fourth-order valence-electron chi connectivity index (χ4n) is 21.0. The second-order valence-electron chi connectivity index (χ2n) is 37.7. The zero-order chi connectivity index (χ0) is 102. The normalized spacial score (nSPS) is 14.4. The highest BCUT2D eigenvalue weighted by molar-refractivity contribution is 7.18. The minimum Gasteiger partial charge on any atom is -0.301 e. The van der Waals surface area contributed by atoms with Crippen LogP contribution in [0.3, 0.4) is 0 Å². The minimum atomic E-state index is -2.29. The first-order chi connectivity index (χ1) is 69.4. The SMILES string of the molecule is CC1(C)c2cc(-c3cccnc3C#N)ccc2N(c2ccc(F)c3ccccc23)c2sc(C=C3C(=O)c4ccccc4C3=O)cc21.[C-]#[N+]c1cc(C)c(-c2ccc3c(c2)C(C)(C)c2cc(C=C4C(=O)c5cc(Cl)c(Cl)cc5C4=O)sc2N3c2c(F)c(F)c(F)c(F)c2F)c(C)c1.[C-]#[N+]c1cc(C)c(-c2ccc3c(c2)C(C)(C)c2cc(C=C4C(=O)c5ccccc5C4=O)sc2N3c2ccc(C#N)c3ccccc23)c(C)c1. The van der Waals surface area contributed by atoms with Crippen LogP contribution in [0.25, 0.3) is 82.8 Å². The van der Waals surface area contributed by atoms with Crippen molar-refractivity contribution in [1.82, 2.24) is 4.98 Å². The average Bonchev–Trinajstić information content (AvgIpc) is 1.51. The first-order valence-corrected chi connectivity index (χ1v) is 49.0. The molecule has 3 aliphatic heterocycles. The molecular weight excluding hydrogens is 1930 g/mol. The van der Waals surface area contributed by atoms with Gasteiger partial charge in [-0.2, -0.15) is 10.5 Å². The van der Waals surface area contributed by atoms with Gasteiger partial charge in [0.05, 0.1) is 80.0 Å². The summed E-state index contributed by atoms with van der Waals surface area (Å²) in [7, 11) is 0. The van der Waals surface area contributed by atoms with E-state index in [9.17, 15) is 52.5 Å². The molecular formula is C120H74Cl2F6N8O6S3. The van der Waals surface area contributed by atoms with Gasteiger partial charge in [-0.05, 0) is 210 Å². The summed E-state index contributed by atoms with van der Waals surface area (Å²) in [6, 6.07) is 78.2. The molecule has 0 N–H and O–H groups in total. The van der Waals surface area contributed by atoms with Gasteiger partial charge in [0, 0.05) is 97.6 Å². The van der Waals surface area contributed by atoms with Gasteiger partial charge in [0.2, 0.25) is 5.82 Å². The summed E-state index contributed by atoms with van der Waals surface area (Å²) in [5.41, 5.74) is 19.0. The number of hydrogen-bond donors (Lipinski definition) is 0. The number of Topliss-reactive ketones (excluding diaryl/α,β-unsaturated/α-hetero) is 6. The van der Waals surface area contributed by atoms with Gasteiger partial charge < -0.3 is 9.80 Å². The van der Waals surface area contributed by atoms with Crippen molar-refractivity contribution in [2.45, 2.75) is 85.5 Å².